The minimum Gasteiger partial charge on any atom is -0.339 e. The Morgan fingerprint density at radius 3 is 2.39 bits per heavy atom. The fourth-order valence-electron chi connectivity index (χ4n) is 4.13. The predicted molar refractivity (Wildman–Crippen MR) is 126 cm³/mol. The van der Waals surface area contributed by atoms with Crippen molar-refractivity contribution in [2.75, 3.05) is 6.26 Å². The summed E-state index contributed by atoms with van der Waals surface area (Å²) in [6, 6.07) is 15.5. The standard InChI is InChI=1S/C25H28N4O3S/c1-16-4-5-17(2)28-24(16)25(30)29-22(15-27)12-18-6-8-19(9-7-18)20-10-11-21(14-26)23(13-20)33(3,31)32/h6-11,13,16-17,22,24,28H,4-5,12H2,1-3H3,(H,29,30)/t16-,17+,22+,24+/m1/s1. The Balaban J connectivity index is 1.72. The van der Waals surface area contributed by atoms with E-state index >= 15 is 0 Å². The molecule has 2 N–H and O–H groups in total. The molecule has 7 nitrogen and oxygen atoms in total. The number of rotatable bonds is 6. The lowest BCUT2D eigenvalue weighted by Crippen LogP contribution is -2.55. The molecule has 1 fully saturated rings. The van der Waals surface area contributed by atoms with Crippen molar-refractivity contribution < 1.29 is 13.2 Å². The Kier molecular flexibility index (Phi) is 7.53. The first kappa shape index (κ1) is 24.4. The lowest BCUT2D eigenvalue weighted by molar-refractivity contribution is -0.125. The molecule has 33 heavy (non-hydrogen) atoms. The van der Waals surface area contributed by atoms with E-state index in [2.05, 4.69) is 23.6 Å². The number of benzene rings is 2. The molecule has 0 saturated carbocycles. The Bertz CT molecular complexity index is 1210. The molecular weight excluding hydrogens is 436 g/mol. The largest absolute Gasteiger partial charge is 0.339 e. The molecule has 4 atom stereocenters. The zero-order valence-corrected chi connectivity index (χ0v) is 19.8. The normalized spacial score (nSPS) is 21.4. The van der Waals surface area contributed by atoms with Gasteiger partial charge in [0.15, 0.2) is 9.84 Å². The molecule has 8 heteroatoms. The van der Waals surface area contributed by atoms with Crippen LogP contribution < -0.4 is 10.6 Å². The van der Waals surface area contributed by atoms with Crippen molar-refractivity contribution in [1.29, 1.82) is 10.5 Å². The van der Waals surface area contributed by atoms with E-state index in [4.69, 9.17) is 0 Å². The number of sulfone groups is 1. The lowest BCUT2D eigenvalue weighted by atomic mass is 9.88. The van der Waals surface area contributed by atoms with Crippen molar-refractivity contribution in [3.05, 3.63) is 53.6 Å². The number of amides is 1. The molecule has 0 aromatic heterocycles. The average molecular weight is 465 g/mol. The maximum absolute atomic E-state index is 12.7. The highest BCUT2D eigenvalue weighted by atomic mass is 32.2. The second-order valence-electron chi connectivity index (χ2n) is 8.79. The number of nitrogens with one attached hydrogen (secondary N) is 2. The van der Waals surface area contributed by atoms with Gasteiger partial charge in [0, 0.05) is 18.7 Å². The van der Waals surface area contributed by atoms with Crippen molar-refractivity contribution in [2.24, 2.45) is 5.92 Å². The smallest absolute Gasteiger partial charge is 0.238 e. The molecule has 1 aliphatic rings. The molecular formula is C25H28N4O3S. The highest BCUT2D eigenvalue weighted by Crippen LogP contribution is 2.26. The van der Waals surface area contributed by atoms with Gasteiger partial charge in [-0.3, -0.25) is 4.79 Å². The minimum atomic E-state index is -3.54. The quantitative estimate of drug-likeness (QED) is 0.678. The van der Waals surface area contributed by atoms with Crippen LogP contribution in [-0.2, 0) is 21.1 Å². The van der Waals surface area contributed by atoms with E-state index in [1.165, 1.54) is 12.1 Å². The van der Waals surface area contributed by atoms with Crippen LogP contribution in [0.2, 0.25) is 0 Å². The Labute approximate surface area is 195 Å². The van der Waals surface area contributed by atoms with Crippen LogP contribution in [0.5, 0.6) is 0 Å². The van der Waals surface area contributed by atoms with Crippen LogP contribution in [0.3, 0.4) is 0 Å². The minimum absolute atomic E-state index is 0.00120. The van der Waals surface area contributed by atoms with Gasteiger partial charge in [-0.1, -0.05) is 37.3 Å². The number of nitriles is 2. The fraction of sp³-hybridized carbons (Fsp3) is 0.400. The first-order valence-corrected chi connectivity index (χ1v) is 12.8. The molecule has 0 aliphatic carbocycles. The third kappa shape index (κ3) is 5.98. The van der Waals surface area contributed by atoms with Gasteiger partial charge in [0.25, 0.3) is 0 Å². The summed E-state index contributed by atoms with van der Waals surface area (Å²) in [5, 5.41) is 24.9. The third-order valence-electron chi connectivity index (χ3n) is 6.07. The summed E-state index contributed by atoms with van der Waals surface area (Å²) in [6.07, 6.45) is 3.45. The van der Waals surface area contributed by atoms with Crippen LogP contribution in [0, 0.1) is 28.6 Å². The highest BCUT2D eigenvalue weighted by molar-refractivity contribution is 7.90. The number of carbonyl (C=O) groups is 1. The number of hydrogen-bond donors (Lipinski definition) is 2. The lowest BCUT2D eigenvalue weighted by Gasteiger charge is -2.33. The van der Waals surface area contributed by atoms with E-state index in [0.717, 1.165) is 30.2 Å². The summed E-state index contributed by atoms with van der Waals surface area (Å²) in [4.78, 5) is 12.7. The van der Waals surface area contributed by atoms with Crippen molar-refractivity contribution in [1.82, 2.24) is 10.6 Å². The Morgan fingerprint density at radius 2 is 1.79 bits per heavy atom. The van der Waals surface area contributed by atoms with E-state index in [0.29, 0.717) is 12.0 Å². The van der Waals surface area contributed by atoms with Crippen LogP contribution in [0.15, 0.2) is 47.4 Å². The van der Waals surface area contributed by atoms with Crippen LogP contribution in [0.4, 0.5) is 0 Å². The summed E-state index contributed by atoms with van der Waals surface area (Å²) in [5.41, 5.74) is 2.46. The van der Waals surface area contributed by atoms with E-state index in [-0.39, 0.29) is 34.4 Å². The fourth-order valence-corrected chi connectivity index (χ4v) is 4.98. The highest BCUT2D eigenvalue weighted by Gasteiger charge is 2.31. The summed E-state index contributed by atoms with van der Waals surface area (Å²) >= 11 is 0. The molecule has 2 aromatic rings. The zero-order valence-electron chi connectivity index (χ0n) is 19.0. The second-order valence-corrected chi connectivity index (χ2v) is 10.8. The van der Waals surface area contributed by atoms with E-state index < -0.39 is 15.9 Å². The predicted octanol–water partition coefficient (Wildman–Crippen LogP) is 2.96. The van der Waals surface area contributed by atoms with Crippen molar-refractivity contribution in [3.8, 4) is 23.3 Å². The molecule has 0 spiro atoms. The third-order valence-corrected chi connectivity index (χ3v) is 7.21. The molecule has 172 valence electrons. The van der Waals surface area contributed by atoms with Crippen LogP contribution in [-0.4, -0.2) is 38.7 Å². The van der Waals surface area contributed by atoms with E-state index in [1.807, 2.05) is 37.3 Å². The van der Waals surface area contributed by atoms with Gasteiger partial charge in [0.2, 0.25) is 5.91 Å². The Morgan fingerprint density at radius 1 is 1.12 bits per heavy atom. The summed E-state index contributed by atoms with van der Waals surface area (Å²) in [5.74, 6) is 0.0622. The van der Waals surface area contributed by atoms with E-state index in [9.17, 15) is 23.7 Å². The molecule has 0 unspecified atom stereocenters. The zero-order chi connectivity index (χ0) is 24.2. The maximum atomic E-state index is 12.7. The second kappa shape index (κ2) is 10.2. The molecule has 3 rings (SSSR count). The van der Waals surface area contributed by atoms with Crippen molar-refractivity contribution in [3.63, 3.8) is 0 Å². The van der Waals surface area contributed by atoms with Gasteiger partial charge in [0.1, 0.15) is 12.1 Å². The number of piperidine rings is 1. The van der Waals surface area contributed by atoms with Crippen LogP contribution in [0.1, 0.15) is 37.8 Å². The van der Waals surface area contributed by atoms with E-state index in [1.54, 1.807) is 6.07 Å². The number of hydrogen-bond acceptors (Lipinski definition) is 6. The van der Waals surface area contributed by atoms with Gasteiger partial charge in [-0.2, -0.15) is 10.5 Å². The molecule has 1 heterocycles. The first-order valence-electron chi connectivity index (χ1n) is 10.9. The Hall–Kier alpha value is -3.20. The van der Waals surface area contributed by atoms with Crippen LogP contribution in [0.25, 0.3) is 11.1 Å². The van der Waals surface area contributed by atoms with Gasteiger partial charge >= 0.3 is 0 Å². The first-order chi connectivity index (χ1) is 15.6. The summed E-state index contributed by atoms with van der Waals surface area (Å²) in [7, 11) is -3.54. The molecule has 1 amide bonds. The monoisotopic (exact) mass is 464 g/mol. The molecule has 0 radical (unpaired) electrons. The van der Waals surface area contributed by atoms with Gasteiger partial charge in [-0.15, -0.1) is 0 Å². The molecule has 0 bridgehead atoms. The molecule has 1 saturated heterocycles. The van der Waals surface area contributed by atoms with Crippen molar-refractivity contribution in [2.45, 2.75) is 56.1 Å². The number of nitrogens with zero attached hydrogens (tertiary/aromatic N) is 2. The molecule has 2 aromatic carbocycles. The topological polar surface area (TPSA) is 123 Å². The summed E-state index contributed by atoms with van der Waals surface area (Å²) in [6.45, 7) is 4.10. The van der Waals surface area contributed by atoms with Gasteiger partial charge in [0.05, 0.1) is 22.6 Å². The SMILES string of the molecule is C[C@@H]1CC[C@H](C)N[C@@H]1C(=O)N[C@H](C#N)Cc1ccc(-c2ccc(C#N)c(S(C)(=O)=O)c2)cc1. The van der Waals surface area contributed by atoms with Gasteiger partial charge < -0.3 is 10.6 Å². The van der Waals surface area contributed by atoms with Gasteiger partial charge in [-0.25, -0.2) is 8.42 Å². The van der Waals surface area contributed by atoms with Gasteiger partial charge in [-0.05, 0) is 54.5 Å². The van der Waals surface area contributed by atoms with Crippen molar-refractivity contribution >= 4 is 15.7 Å². The summed E-state index contributed by atoms with van der Waals surface area (Å²) < 4.78 is 24.0. The maximum Gasteiger partial charge on any atom is 0.238 e. The van der Waals surface area contributed by atoms with Crippen LogP contribution >= 0.6 is 0 Å². The average Bonchev–Trinajstić information content (AvgIpc) is 2.79. The molecule has 1 aliphatic heterocycles. The number of carbonyl (C=O) groups excluding carboxylic acids is 1.